The minimum Gasteiger partial charge on any atom is -0.354 e. The molecule has 22 heavy (non-hydrogen) atoms. The molecule has 0 bridgehead atoms. The van der Waals surface area contributed by atoms with Crippen molar-refractivity contribution in [1.29, 1.82) is 0 Å². The van der Waals surface area contributed by atoms with E-state index in [1.807, 2.05) is 10.9 Å². The number of hydrogen-bond acceptors (Lipinski definition) is 5. The maximum atomic E-state index is 4.57. The van der Waals surface area contributed by atoms with E-state index < -0.39 is 0 Å². The molecule has 1 aliphatic heterocycles. The van der Waals surface area contributed by atoms with E-state index >= 15 is 0 Å². The standard InChI is InChI=1S/C16H25N5S/c1-11(2)13-9-20(6-7-22-13)14-12-8-19-21(16(3,4)5)15(12)18-10-17-14/h8,10-11,13H,6-7,9H2,1-5H3/t13-/m1/s1. The second-order valence-corrected chi connectivity index (χ2v) is 8.61. The van der Waals surface area contributed by atoms with E-state index in [1.165, 1.54) is 0 Å². The Labute approximate surface area is 136 Å². The molecule has 0 aromatic carbocycles. The summed E-state index contributed by atoms with van der Waals surface area (Å²) in [6.45, 7) is 13.1. The first-order valence-corrected chi connectivity index (χ1v) is 8.98. The summed E-state index contributed by atoms with van der Waals surface area (Å²) in [5.74, 6) is 2.87. The highest BCUT2D eigenvalue weighted by Gasteiger charge is 2.26. The molecule has 0 amide bonds. The highest BCUT2D eigenvalue weighted by molar-refractivity contribution is 8.00. The zero-order chi connectivity index (χ0) is 15.9. The van der Waals surface area contributed by atoms with Crippen molar-refractivity contribution in [3.05, 3.63) is 12.5 Å². The van der Waals surface area contributed by atoms with Gasteiger partial charge in [0.05, 0.1) is 17.1 Å². The van der Waals surface area contributed by atoms with Gasteiger partial charge in [-0.2, -0.15) is 16.9 Å². The minimum atomic E-state index is -0.0778. The zero-order valence-electron chi connectivity index (χ0n) is 14.1. The summed E-state index contributed by atoms with van der Waals surface area (Å²) in [6.07, 6.45) is 3.59. The first kappa shape index (κ1) is 15.6. The van der Waals surface area contributed by atoms with Crippen molar-refractivity contribution < 1.29 is 0 Å². The molecule has 3 heterocycles. The van der Waals surface area contributed by atoms with E-state index in [2.05, 4.69) is 66.3 Å². The van der Waals surface area contributed by atoms with Gasteiger partial charge >= 0.3 is 0 Å². The van der Waals surface area contributed by atoms with Crippen LogP contribution in [0.4, 0.5) is 5.82 Å². The fourth-order valence-electron chi connectivity index (χ4n) is 2.85. The van der Waals surface area contributed by atoms with Crippen LogP contribution < -0.4 is 4.90 Å². The number of nitrogens with zero attached hydrogens (tertiary/aromatic N) is 5. The van der Waals surface area contributed by atoms with Crippen LogP contribution >= 0.6 is 11.8 Å². The van der Waals surface area contributed by atoms with E-state index in [4.69, 9.17) is 0 Å². The molecule has 0 N–H and O–H groups in total. The van der Waals surface area contributed by atoms with Gasteiger partial charge in [-0.25, -0.2) is 14.6 Å². The Kier molecular flexibility index (Phi) is 4.05. The van der Waals surface area contributed by atoms with E-state index in [0.29, 0.717) is 11.2 Å². The first-order chi connectivity index (χ1) is 10.4. The normalized spacial score (nSPS) is 20.1. The predicted molar refractivity (Wildman–Crippen MR) is 93.6 cm³/mol. The maximum absolute atomic E-state index is 4.57. The van der Waals surface area contributed by atoms with Crippen LogP contribution in [0.15, 0.2) is 12.5 Å². The van der Waals surface area contributed by atoms with Gasteiger partial charge in [-0.1, -0.05) is 13.8 Å². The quantitative estimate of drug-likeness (QED) is 0.851. The summed E-state index contributed by atoms with van der Waals surface area (Å²) >= 11 is 2.08. The van der Waals surface area contributed by atoms with E-state index in [0.717, 1.165) is 35.7 Å². The molecule has 0 radical (unpaired) electrons. The number of fused-ring (bicyclic) bond motifs is 1. The van der Waals surface area contributed by atoms with Gasteiger partial charge in [0, 0.05) is 24.1 Å². The lowest BCUT2D eigenvalue weighted by Crippen LogP contribution is -2.40. The summed E-state index contributed by atoms with van der Waals surface area (Å²) in [7, 11) is 0. The summed E-state index contributed by atoms with van der Waals surface area (Å²) in [5.41, 5.74) is 0.850. The van der Waals surface area contributed by atoms with E-state index in [-0.39, 0.29) is 5.54 Å². The molecular weight excluding hydrogens is 294 g/mol. The molecule has 5 nitrogen and oxygen atoms in total. The predicted octanol–water partition coefficient (Wildman–Crippen LogP) is 3.16. The lowest BCUT2D eigenvalue weighted by molar-refractivity contribution is 0.366. The Morgan fingerprint density at radius 1 is 1.27 bits per heavy atom. The maximum Gasteiger partial charge on any atom is 0.163 e. The van der Waals surface area contributed by atoms with Gasteiger partial charge in [-0.05, 0) is 26.7 Å². The molecule has 1 fully saturated rings. The van der Waals surface area contributed by atoms with Crippen LogP contribution in [0, 0.1) is 5.92 Å². The third-order valence-corrected chi connectivity index (χ3v) is 5.66. The highest BCUT2D eigenvalue weighted by atomic mass is 32.2. The molecule has 0 spiro atoms. The average molecular weight is 319 g/mol. The third kappa shape index (κ3) is 2.81. The second kappa shape index (κ2) is 5.72. The molecule has 120 valence electrons. The minimum absolute atomic E-state index is 0.0778. The SMILES string of the molecule is CC(C)[C@H]1CN(c2ncnc3c2cnn3C(C)(C)C)CCS1. The highest BCUT2D eigenvalue weighted by Crippen LogP contribution is 2.31. The Morgan fingerprint density at radius 2 is 2.05 bits per heavy atom. The topological polar surface area (TPSA) is 46.8 Å². The van der Waals surface area contributed by atoms with Crippen LogP contribution in [0.3, 0.4) is 0 Å². The van der Waals surface area contributed by atoms with Gasteiger partial charge in [0.1, 0.15) is 12.1 Å². The van der Waals surface area contributed by atoms with Gasteiger partial charge in [-0.15, -0.1) is 0 Å². The average Bonchev–Trinajstić information content (AvgIpc) is 2.91. The van der Waals surface area contributed by atoms with Crippen LogP contribution in [0.2, 0.25) is 0 Å². The third-order valence-electron chi connectivity index (χ3n) is 4.12. The lowest BCUT2D eigenvalue weighted by atomic mass is 10.1. The van der Waals surface area contributed by atoms with Gasteiger partial charge in [0.2, 0.25) is 0 Å². The van der Waals surface area contributed by atoms with Crippen LogP contribution in [0.25, 0.3) is 11.0 Å². The number of aromatic nitrogens is 4. The molecule has 2 aromatic rings. The smallest absolute Gasteiger partial charge is 0.163 e. The molecular formula is C16H25N5S. The molecule has 0 saturated carbocycles. The number of thioether (sulfide) groups is 1. The summed E-state index contributed by atoms with van der Waals surface area (Å²) in [5, 5.41) is 6.28. The Hall–Kier alpha value is -1.30. The van der Waals surface area contributed by atoms with Crippen molar-refractivity contribution in [2.45, 2.75) is 45.4 Å². The molecule has 1 aliphatic rings. The van der Waals surface area contributed by atoms with Crippen molar-refractivity contribution in [1.82, 2.24) is 19.7 Å². The molecule has 3 rings (SSSR count). The zero-order valence-corrected chi connectivity index (χ0v) is 14.9. The van der Waals surface area contributed by atoms with Crippen molar-refractivity contribution >= 4 is 28.6 Å². The second-order valence-electron chi connectivity index (χ2n) is 7.26. The van der Waals surface area contributed by atoms with Gasteiger partial charge in [-0.3, -0.25) is 0 Å². The number of rotatable bonds is 2. The van der Waals surface area contributed by atoms with Gasteiger partial charge < -0.3 is 4.90 Å². The van der Waals surface area contributed by atoms with Gasteiger partial charge in [0.25, 0.3) is 0 Å². The van der Waals surface area contributed by atoms with E-state index in [9.17, 15) is 0 Å². The fraction of sp³-hybridized carbons (Fsp3) is 0.688. The van der Waals surface area contributed by atoms with Crippen molar-refractivity contribution in [2.24, 2.45) is 5.92 Å². The van der Waals surface area contributed by atoms with E-state index in [1.54, 1.807) is 6.33 Å². The lowest BCUT2D eigenvalue weighted by Gasteiger charge is -2.35. The fourth-order valence-corrected chi connectivity index (χ4v) is 4.14. The largest absolute Gasteiger partial charge is 0.354 e. The molecule has 6 heteroatoms. The van der Waals surface area contributed by atoms with Crippen LogP contribution in [-0.2, 0) is 5.54 Å². The van der Waals surface area contributed by atoms with Crippen LogP contribution in [-0.4, -0.2) is 43.8 Å². The molecule has 0 aliphatic carbocycles. The van der Waals surface area contributed by atoms with Crippen molar-refractivity contribution in [2.75, 3.05) is 23.7 Å². The molecule has 1 saturated heterocycles. The van der Waals surface area contributed by atoms with Crippen LogP contribution in [0.5, 0.6) is 0 Å². The Balaban J connectivity index is 1.99. The van der Waals surface area contributed by atoms with Crippen LogP contribution in [0.1, 0.15) is 34.6 Å². The van der Waals surface area contributed by atoms with Crippen molar-refractivity contribution in [3.8, 4) is 0 Å². The summed E-state index contributed by atoms with van der Waals surface area (Å²) in [6, 6.07) is 0. The summed E-state index contributed by atoms with van der Waals surface area (Å²) < 4.78 is 1.99. The molecule has 2 aromatic heterocycles. The first-order valence-electron chi connectivity index (χ1n) is 7.93. The Morgan fingerprint density at radius 3 is 2.73 bits per heavy atom. The summed E-state index contributed by atoms with van der Waals surface area (Å²) in [4.78, 5) is 11.4. The number of anilines is 1. The monoisotopic (exact) mass is 319 g/mol. The number of hydrogen-bond donors (Lipinski definition) is 0. The van der Waals surface area contributed by atoms with Crippen molar-refractivity contribution in [3.63, 3.8) is 0 Å². The molecule has 1 atom stereocenters. The van der Waals surface area contributed by atoms with Gasteiger partial charge in [0.15, 0.2) is 5.65 Å². The Bertz CT molecular complexity index is 658. The molecule has 0 unspecified atom stereocenters.